The molecule has 0 saturated carbocycles. The molecule has 2 unspecified atom stereocenters. The van der Waals surface area contributed by atoms with Crippen molar-refractivity contribution in [3.8, 4) is 0 Å². The molecule has 3 heteroatoms. The fourth-order valence-electron chi connectivity index (χ4n) is 2.20. The first kappa shape index (κ1) is 15.6. The third kappa shape index (κ3) is 4.69. The highest BCUT2D eigenvalue weighted by Gasteiger charge is 2.17. The third-order valence-electron chi connectivity index (χ3n) is 3.44. The summed E-state index contributed by atoms with van der Waals surface area (Å²) in [5.74, 6) is 0.375. The minimum atomic E-state index is -0.0978. The lowest BCUT2D eigenvalue weighted by Crippen LogP contribution is -2.35. The highest BCUT2D eigenvalue weighted by molar-refractivity contribution is 9.10. The van der Waals surface area contributed by atoms with Crippen molar-refractivity contribution in [2.45, 2.75) is 46.1 Å². The lowest BCUT2D eigenvalue weighted by atomic mass is 9.90. The Morgan fingerprint density at radius 3 is 2.67 bits per heavy atom. The van der Waals surface area contributed by atoms with Crippen molar-refractivity contribution in [1.82, 2.24) is 5.32 Å². The first-order valence-electron chi connectivity index (χ1n) is 6.75. The van der Waals surface area contributed by atoms with E-state index in [9.17, 15) is 4.39 Å². The second kappa shape index (κ2) is 7.90. The van der Waals surface area contributed by atoms with Gasteiger partial charge in [-0.3, -0.25) is 0 Å². The molecular formula is C15H23BrFN. The average Bonchev–Trinajstić information content (AvgIpc) is 2.36. The van der Waals surface area contributed by atoms with Gasteiger partial charge in [-0.25, -0.2) is 4.39 Å². The minimum Gasteiger partial charge on any atom is -0.314 e. The van der Waals surface area contributed by atoms with Crippen LogP contribution in [0.2, 0.25) is 0 Å². The molecule has 0 spiro atoms. The average molecular weight is 316 g/mol. The molecule has 0 bridgehead atoms. The largest absolute Gasteiger partial charge is 0.314 e. The van der Waals surface area contributed by atoms with Crippen LogP contribution in [0.4, 0.5) is 4.39 Å². The molecular weight excluding hydrogens is 293 g/mol. The SMILES string of the molecule is CCCNC(C)C(CC)Cc1cc(Br)ccc1F. The van der Waals surface area contributed by atoms with Crippen LogP contribution in [0.25, 0.3) is 0 Å². The van der Waals surface area contributed by atoms with E-state index in [0.717, 1.165) is 35.8 Å². The zero-order valence-corrected chi connectivity index (χ0v) is 13.1. The van der Waals surface area contributed by atoms with Gasteiger partial charge in [0.25, 0.3) is 0 Å². The molecule has 102 valence electrons. The van der Waals surface area contributed by atoms with Gasteiger partial charge in [-0.1, -0.05) is 36.2 Å². The molecule has 2 atom stereocenters. The zero-order chi connectivity index (χ0) is 13.5. The van der Waals surface area contributed by atoms with Crippen LogP contribution >= 0.6 is 15.9 Å². The Kier molecular flexibility index (Phi) is 6.87. The summed E-state index contributed by atoms with van der Waals surface area (Å²) in [6.07, 6.45) is 2.98. The molecule has 0 heterocycles. The smallest absolute Gasteiger partial charge is 0.126 e. The van der Waals surface area contributed by atoms with Gasteiger partial charge in [-0.2, -0.15) is 0 Å². The molecule has 0 aliphatic rings. The van der Waals surface area contributed by atoms with E-state index in [4.69, 9.17) is 0 Å². The summed E-state index contributed by atoms with van der Waals surface area (Å²) in [4.78, 5) is 0. The molecule has 0 fully saturated rings. The predicted octanol–water partition coefficient (Wildman–Crippen LogP) is 4.55. The monoisotopic (exact) mass is 315 g/mol. The Morgan fingerprint density at radius 1 is 1.33 bits per heavy atom. The van der Waals surface area contributed by atoms with Gasteiger partial charge in [0.05, 0.1) is 0 Å². The van der Waals surface area contributed by atoms with E-state index in [0.29, 0.717) is 12.0 Å². The van der Waals surface area contributed by atoms with Gasteiger partial charge < -0.3 is 5.32 Å². The lowest BCUT2D eigenvalue weighted by Gasteiger charge is -2.24. The molecule has 1 aromatic rings. The minimum absolute atomic E-state index is 0.0978. The number of benzene rings is 1. The summed E-state index contributed by atoms with van der Waals surface area (Å²) < 4.78 is 14.7. The number of rotatable bonds is 7. The fraction of sp³-hybridized carbons (Fsp3) is 0.600. The highest BCUT2D eigenvalue weighted by Crippen LogP contribution is 2.21. The zero-order valence-electron chi connectivity index (χ0n) is 11.5. The molecule has 0 radical (unpaired) electrons. The maximum Gasteiger partial charge on any atom is 0.126 e. The first-order chi connectivity index (χ1) is 8.58. The summed E-state index contributed by atoms with van der Waals surface area (Å²) in [6, 6.07) is 5.60. The molecule has 0 aliphatic carbocycles. The van der Waals surface area contributed by atoms with E-state index >= 15 is 0 Å². The summed E-state index contributed by atoms with van der Waals surface area (Å²) >= 11 is 3.40. The molecule has 18 heavy (non-hydrogen) atoms. The van der Waals surface area contributed by atoms with Gasteiger partial charge in [0.1, 0.15) is 5.82 Å². The first-order valence-corrected chi connectivity index (χ1v) is 7.55. The molecule has 1 N–H and O–H groups in total. The van der Waals surface area contributed by atoms with Gasteiger partial charge in [-0.15, -0.1) is 0 Å². The second-order valence-electron chi connectivity index (χ2n) is 4.85. The van der Waals surface area contributed by atoms with Crippen molar-refractivity contribution in [2.75, 3.05) is 6.54 Å². The quantitative estimate of drug-likeness (QED) is 0.778. The summed E-state index contributed by atoms with van der Waals surface area (Å²) in [5.41, 5.74) is 0.807. The van der Waals surface area contributed by atoms with Crippen molar-refractivity contribution < 1.29 is 4.39 Å². The number of hydrogen-bond donors (Lipinski definition) is 1. The number of halogens is 2. The van der Waals surface area contributed by atoms with Crippen molar-refractivity contribution >= 4 is 15.9 Å². The van der Waals surface area contributed by atoms with Gasteiger partial charge in [0.2, 0.25) is 0 Å². The van der Waals surface area contributed by atoms with Crippen LogP contribution in [0.3, 0.4) is 0 Å². The topological polar surface area (TPSA) is 12.0 Å². The fourth-order valence-corrected chi connectivity index (χ4v) is 2.60. The maximum atomic E-state index is 13.7. The van der Waals surface area contributed by atoms with E-state index in [-0.39, 0.29) is 5.82 Å². The Hall–Kier alpha value is -0.410. The van der Waals surface area contributed by atoms with Crippen molar-refractivity contribution in [3.05, 3.63) is 34.1 Å². The summed E-state index contributed by atoms with van der Waals surface area (Å²) in [6.45, 7) is 7.55. The van der Waals surface area contributed by atoms with Crippen LogP contribution in [-0.4, -0.2) is 12.6 Å². The summed E-state index contributed by atoms with van der Waals surface area (Å²) in [7, 11) is 0. The predicted molar refractivity (Wildman–Crippen MR) is 79.3 cm³/mol. The van der Waals surface area contributed by atoms with E-state index in [1.54, 1.807) is 6.07 Å². The van der Waals surface area contributed by atoms with Gasteiger partial charge in [0.15, 0.2) is 0 Å². The van der Waals surface area contributed by atoms with Gasteiger partial charge in [0, 0.05) is 10.5 Å². The van der Waals surface area contributed by atoms with Crippen LogP contribution < -0.4 is 5.32 Å². The Bertz CT molecular complexity index is 368. The van der Waals surface area contributed by atoms with Crippen LogP contribution in [0.1, 0.15) is 39.2 Å². The maximum absolute atomic E-state index is 13.7. The van der Waals surface area contributed by atoms with Crippen molar-refractivity contribution in [2.24, 2.45) is 5.92 Å². The summed E-state index contributed by atoms with van der Waals surface area (Å²) in [5, 5.41) is 3.50. The van der Waals surface area contributed by atoms with Crippen LogP contribution in [0.5, 0.6) is 0 Å². The second-order valence-corrected chi connectivity index (χ2v) is 5.77. The van der Waals surface area contributed by atoms with Crippen LogP contribution in [-0.2, 0) is 6.42 Å². The molecule has 1 aromatic carbocycles. The molecule has 0 amide bonds. The Labute approximate surface area is 118 Å². The van der Waals surface area contributed by atoms with E-state index in [1.165, 1.54) is 6.07 Å². The van der Waals surface area contributed by atoms with E-state index in [1.807, 2.05) is 6.07 Å². The third-order valence-corrected chi connectivity index (χ3v) is 3.93. The Balaban J connectivity index is 2.69. The van der Waals surface area contributed by atoms with E-state index in [2.05, 4.69) is 42.0 Å². The molecule has 1 rings (SSSR count). The van der Waals surface area contributed by atoms with Gasteiger partial charge in [-0.05, 0) is 56.0 Å². The van der Waals surface area contributed by atoms with Crippen LogP contribution in [0, 0.1) is 11.7 Å². The lowest BCUT2D eigenvalue weighted by molar-refractivity contribution is 0.358. The standard InChI is InChI=1S/C15H23BrFN/c1-4-8-18-11(3)12(5-2)9-13-10-14(16)6-7-15(13)17/h6-7,10-12,18H,4-5,8-9H2,1-3H3. The van der Waals surface area contributed by atoms with E-state index < -0.39 is 0 Å². The van der Waals surface area contributed by atoms with Crippen molar-refractivity contribution in [1.29, 1.82) is 0 Å². The normalized spacial score (nSPS) is 14.5. The number of hydrogen-bond acceptors (Lipinski definition) is 1. The molecule has 0 aromatic heterocycles. The number of nitrogens with one attached hydrogen (secondary N) is 1. The van der Waals surface area contributed by atoms with Crippen LogP contribution in [0.15, 0.2) is 22.7 Å². The Morgan fingerprint density at radius 2 is 2.06 bits per heavy atom. The van der Waals surface area contributed by atoms with Gasteiger partial charge >= 0.3 is 0 Å². The van der Waals surface area contributed by atoms with Crippen molar-refractivity contribution in [3.63, 3.8) is 0 Å². The highest BCUT2D eigenvalue weighted by atomic mass is 79.9. The molecule has 0 aliphatic heterocycles. The molecule has 0 saturated heterocycles. The molecule has 1 nitrogen and oxygen atoms in total.